The molecule has 2 heterocycles. The van der Waals surface area contributed by atoms with Gasteiger partial charge in [0.15, 0.2) is 0 Å². The molecule has 2 aromatic rings. The van der Waals surface area contributed by atoms with E-state index in [1.165, 1.54) is 6.08 Å². The minimum Gasteiger partial charge on any atom is -0.494 e. The SMILES string of the molecule is CCc1ccc(-n2c(O)c(C=C3C=CC=N3)c(=O)[nH]c2=O)cc1. The van der Waals surface area contributed by atoms with E-state index in [9.17, 15) is 14.7 Å². The van der Waals surface area contributed by atoms with Gasteiger partial charge in [-0.15, -0.1) is 0 Å². The number of aliphatic imine (C=N–C) groups is 1. The molecule has 0 aliphatic carbocycles. The second-order valence-electron chi connectivity index (χ2n) is 5.06. The Balaban J connectivity index is 2.19. The summed E-state index contributed by atoms with van der Waals surface area (Å²) in [6.07, 6.45) is 7.30. The van der Waals surface area contributed by atoms with E-state index in [2.05, 4.69) is 9.98 Å². The average Bonchev–Trinajstić information content (AvgIpc) is 3.05. The fourth-order valence-corrected chi connectivity index (χ4v) is 2.34. The van der Waals surface area contributed by atoms with E-state index in [-0.39, 0.29) is 5.56 Å². The van der Waals surface area contributed by atoms with Crippen LogP contribution >= 0.6 is 0 Å². The highest BCUT2D eigenvalue weighted by Crippen LogP contribution is 2.20. The zero-order chi connectivity index (χ0) is 16.4. The van der Waals surface area contributed by atoms with Gasteiger partial charge in [0, 0.05) is 6.21 Å². The lowest BCUT2D eigenvalue weighted by Gasteiger charge is -2.10. The van der Waals surface area contributed by atoms with Gasteiger partial charge in [-0.25, -0.2) is 9.36 Å². The summed E-state index contributed by atoms with van der Waals surface area (Å²) < 4.78 is 1.07. The van der Waals surface area contributed by atoms with Gasteiger partial charge in [0.05, 0.1) is 11.4 Å². The van der Waals surface area contributed by atoms with Crippen LogP contribution in [0.15, 0.2) is 56.7 Å². The lowest BCUT2D eigenvalue weighted by atomic mass is 10.1. The van der Waals surface area contributed by atoms with Gasteiger partial charge >= 0.3 is 5.69 Å². The predicted octanol–water partition coefficient (Wildman–Crippen LogP) is 1.78. The number of benzene rings is 1. The lowest BCUT2D eigenvalue weighted by molar-refractivity contribution is 0.429. The van der Waals surface area contributed by atoms with Crippen LogP contribution in [0.5, 0.6) is 5.88 Å². The molecule has 0 unspecified atom stereocenters. The molecule has 116 valence electrons. The van der Waals surface area contributed by atoms with Crippen LogP contribution in [0.3, 0.4) is 0 Å². The number of aromatic amines is 1. The Labute approximate surface area is 131 Å². The maximum Gasteiger partial charge on any atom is 0.335 e. The van der Waals surface area contributed by atoms with E-state index in [4.69, 9.17) is 0 Å². The third kappa shape index (κ3) is 2.78. The van der Waals surface area contributed by atoms with Gasteiger partial charge in [0.1, 0.15) is 5.56 Å². The fourth-order valence-electron chi connectivity index (χ4n) is 2.34. The highest BCUT2D eigenvalue weighted by atomic mass is 16.3. The Morgan fingerprint density at radius 3 is 2.61 bits per heavy atom. The summed E-state index contributed by atoms with van der Waals surface area (Å²) in [5.41, 5.74) is 0.756. The summed E-state index contributed by atoms with van der Waals surface area (Å²) in [6.45, 7) is 2.03. The number of aryl methyl sites for hydroxylation is 1. The third-order valence-corrected chi connectivity index (χ3v) is 3.59. The first-order chi connectivity index (χ1) is 11.1. The van der Waals surface area contributed by atoms with Gasteiger partial charge in [-0.3, -0.25) is 14.8 Å². The van der Waals surface area contributed by atoms with Gasteiger partial charge in [-0.1, -0.05) is 19.1 Å². The smallest absolute Gasteiger partial charge is 0.335 e. The Morgan fingerprint density at radius 2 is 2.00 bits per heavy atom. The molecule has 1 aromatic heterocycles. The molecule has 0 radical (unpaired) electrons. The normalized spacial score (nSPS) is 14.7. The highest BCUT2D eigenvalue weighted by Gasteiger charge is 2.14. The lowest BCUT2D eigenvalue weighted by Crippen LogP contribution is -2.30. The molecule has 0 amide bonds. The molecule has 2 N–H and O–H groups in total. The van der Waals surface area contributed by atoms with Crippen molar-refractivity contribution >= 4 is 12.3 Å². The van der Waals surface area contributed by atoms with Gasteiger partial charge < -0.3 is 5.11 Å². The van der Waals surface area contributed by atoms with Gasteiger partial charge in [-0.2, -0.15) is 0 Å². The minimum atomic E-state index is -0.690. The van der Waals surface area contributed by atoms with E-state index in [0.717, 1.165) is 16.6 Å². The first kappa shape index (κ1) is 14.8. The maximum absolute atomic E-state index is 12.1. The van der Waals surface area contributed by atoms with E-state index in [0.29, 0.717) is 11.4 Å². The van der Waals surface area contributed by atoms with Crippen LogP contribution in [0.2, 0.25) is 0 Å². The van der Waals surface area contributed by atoms with Gasteiger partial charge in [-0.05, 0) is 42.3 Å². The Morgan fingerprint density at radius 1 is 1.26 bits per heavy atom. The standard InChI is InChI=1S/C17H15N3O3/c1-2-11-5-7-13(8-6-11)20-16(22)14(15(21)19-17(20)23)10-12-4-3-9-18-12/h3-10,22H,2H2,1H3,(H,19,21,23). The largest absolute Gasteiger partial charge is 0.494 e. The van der Waals surface area contributed by atoms with Crippen LogP contribution in [0, 0.1) is 0 Å². The van der Waals surface area contributed by atoms with E-state index < -0.39 is 17.1 Å². The topological polar surface area (TPSA) is 87.4 Å². The number of nitrogens with one attached hydrogen (secondary N) is 1. The summed E-state index contributed by atoms with van der Waals surface area (Å²) in [7, 11) is 0. The molecule has 0 atom stereocenters. The summed E-state index contributed by atoms with van der Waals surface area (Å²) in [5, 5.41) is 10.4. The van der Waals surface area contributed by atoms with Gasteiger partial charge in [0.2, 0.25) is 5.88 Å². The Bertz CT molecular complexity index is 931. The molecule has 0 saturated heterocycles. The van der Waals surface area contributed by atoms with Gasteiger partial charge in [0.25, 0.3) is 5.56 Å². The quantitative estimate of drug-likeness (QED) is 0.906. The number of aromatic hydroxyl groups is 1. The molecule has 0 bridgehead atoms. The number of hydrogen-bond acceptors (Lipinski definition) is 4. The Hall–Kier alpha value is -3.15. The van der Waals surface area contributed by atoms with Crippen LogP contribution in [0.4, 0.5) is 0 Å². The van der Waals surface area contributed by atoms with E-state index in [1.807, 2.05) is 19.1 Å². The molecule has 6 nitrogen and oxygen atoms in total. The van der Waals surface area contributed by atoms with Crippen LogP contribution in [-0.4, -0.2) is 20.9 Å². The monoisotopic (exact) mass is 309 g/mol. The van der Waals surface area contributed by atoms with Crippen molar-refractivity contribution in [3.63, 3.8) is 0 Å². The van der Waals surface area contributed by atoms with Crippen molar-refractivity contribution in [1.82, 2.24) is 9.55 Å². The van der Waals surface area contributed by atoms with Crippen molar-refractivity contribution in [2.45, 2.75) is 13.3 Å². The molecule has 0 fully saturated rings. The summed E-state index contributed by atoms with van der Waals surface area (Å²) >= 11 is 0. The van der Waals surface area contributed by atoms with E-state index in [1.54, 1.807) is 30.5 Å². The molecular weight excluding hydrogens is 294 g/mol. The van der Waals surface area contributed by atoms with Crippen LogP contribution < -0.4 is 11.2 Å². The molecular formula is C17H15N3O3. The Kier molecular flexibility index (Phi) is 3.80. The number of nitrogens with zero attached hydrogens (tertiary/aromatic N) is 2. The number of H-pyrrole nitrogens is 1. The summed E-state index contributed by atoms with van der Waals surface area (Å²) in [6, 6.07) is 7.19. The van der Waals surface area contributed by atoms with Crippen molar-refractivity contribution < 1.29 is 5.11 Å². The van der Waals surface area contributed by atoms with Crippen LogP contribution in [0.1, 0.15) is 18.1 Å². The number of hydrogen-bond donors (Lipinski definition) is 2. The van der Waals surface area contributed by atoms with E-state index >= 15 is 0 Å². The molecule has 1 aromatic carbocycles. The third-order valence-electron chi connectivity index (χ3n) is 3.59. The first-order valence-electron chi connectivity index (χ1n) is 7.20. The minimum absolute atomic E-state index is 0.0112. The van der Waals surface area contributed by atoms with Crippen molar-refractivity contribution in [3.05, 3.63) is 74.1 Å². The highest BCUT2D eigenvalue weighted by molar-refractivity contribution is 5.79. The zero-order valence-corrected chi connectivity index (χ0v) is 12.5. The predicted molar refractivity (Wildman–Crippen MR) is 89.3 cm³/mol. The van der Waals surface area contributed by atoms with Crippen LogP contribution in [0.25, 0.3) is 11.8 Å². The molecule has 0 spiro atoms. The van der Waals surface area contributed by atoms with Crippen molar-refractivity contribution in [2.75, 3.05) is 0 Å². The summed E-state index contributed by atoms with van der Waals surface area (Å²) in [4.78, 5) is 30.3. The molecule has 0 saturated carbocycles. The fraction of sp³-hybridized carbons (Fsp3) is 0.118. The first-order valence-corrected chi connectivity index (χ1v) is 7.20. The van der Waals surface area contributed by atoms with Crippen molar-refractivity contribution in [1.29, 1.82) is 0 Å². The van der Waals surface area contributed by atoms with Crippen molar-refractivity contribution in [3.8, 4) is 11.6 Å². The second kappa shape index (κ2) is 5.92. The molecule has 6 heteroatoms. The second-order valence-corrected chi connectivity index (χ2v) is 5.06. The number of allylic oxidation sites excluding steroid dienone is 2. The molecule has 1 aliphatic rings. The van der Waals surface area contributed by atoms with Crippen LogP contribution in [-0.2, 0) is 6.42 Å². The molecule has 3 rings (SSSR count). The zero-order valence-electron chi connectivity index (χ0n) is 12.5. The summed E-state index contributed by atoms with van der Waals surface area (Å²) in [5.74, 6) is -0.411. The average molecular weight is 309 g/mol. The number of aromatic nitrogens is 2. The molecule has 1 aliphatic heterocycles. The maximum atomic E-state index is 12.1. The van der Waals surface area contributed by atoms with Crippen molar-refractivity contribution in [2.24, 2.45) is 4.99 Å². The molecule has 23 heavy (non-hydrogen) atoms. The number of rotatable bonds is 3.